The van der Waals surface area contributed by atoms with Gasteiger partial charge in [0, 0.05) is 42.4 Å². The fourth-order valence-corrected chi connectivity index (χ4v) is 5.39. The van der Waals surface area contributed by atoms with E-state index in [4.69, 9.17) is 12.2 Å². The predicted octanol–water partition coefficient (Wildman–Crippen LogP) is 5.19. The van der Waals surface area contributed by atoms with Crippen molar-refractivity contribution in [3.8, 4) is 5.82 Å². The number of anilines is 1. The molecule has 5 rings (SSSR count). The number of carbonyl (C=O) groups is 1. The first-order valence-electron chi connectivity index (χ1n) is 12.4. The highest BCUT2D eigenvalue weighted by atomic mass is 32.1. The predicted molar refractivity (Wildman–Crippen MR) is 150 cm³/mol. The van der Waals surface area contributed by atoms with E-state index in [1.807, 2.05) is 67.6 Å². The van der Waals surface area contributed by atoms with E-state index in [9.17, 15) is 4.79 Å². The first-order chi connectivity index (χ1) is 17.9. The van der Waals surface area contributed by atoms with Crippen LogP contribution in [0.2, 0.25) is 0 Å². The van der Waals surface area contributed by atoms with Gasteiger partial charge < -0.3 is 20.1 Å². The number of aromatic nitrogens is 3. The van der Waals surface area contributed by atoms with Crippen LogP contribution in [0.5, 0.6) is 0 Å². The fourth-order valence-electron chi connectivity index (χ4n) is 5.06. The van der Waals surface area contributed by atoms with Gasteiger partial charge in [0.05, 0.1) is 17.8 Å². The molecule has 8 heteroatoms. The summed E-state index contributed by atoms with van der Waals surface area (Å²) in [6.07, 6.45) is 3.91. The molecule has 0 saturated carbocycles. The molecule has 4 heterocycles. The van der Waals surface area contributed by atoms with Gasteiger partial charge in [-0.05, 0) is 80.5 Å². The van der Waals surface area contributed by atoms with Crippen LogP contribution in [-0.2, 0) is 4.79 Å². The SMILES string of the molecule is Cc1ccccc1NC(=O)CCN1C(=S)N[C@H](c2ccccn2)[C@@H]1c1cc(C)n(-c2ccccn2)c1C. The molecule has 1 amide bonds. The molecular weight excluding hydrogens is 480 g/mol. The van der Waals surface area contributed by atoms with E-state index in [0.29, 0.717) is 18.1 Å². The summed E-state index contributed by atoms with van der Waals surface area (Å²) in [4.78, 5) is 24.2. The lowest BCUT2D eigenvalue weighted by Crippen LogP contribution is -2.33. The van der Waals surface area contributed by atoms with Gasteiger partial charge in [0.2, 0.25) is 5.91 Å². The molecule has 1 aliphatic heterocycles. The molecule has 188 valence electrons. The van der Waals surface area contributed by atoms with Crippen molar-refractivity contribution in [2.75, 3.05) is 11.9 Å². The number of para-hydroxylation sites is 1. The van der Waals surface area contributed by atoms with E-state index in [1.54, 1.807) is 12.4 Å². The van der Waals surface area contributed by atoms with Crippen molar-refractivity contribution in [1.29, 1.82) is 0 Å². The number of nitrogens with zero attached hydrogens (tertiary/aromatic N) is 4. The van der Waals surface area contributed by atoms with Gasteiger partial charge in [-0.2, -0.15) is 0 Å². The molecule has 0 bridgehead atoms. The van der Waals surface area contributed by atoms with E-state index < -0.39 is 0 Å². The Morgan fingerprint density at radius 3 is 2.43 bits per heavy atom. The van der Waals surface area contributed by atoms with Crippen LogP contribution in [0.3, 0.4) is 0 Å². The molecule has 1 fully saturated rings. The second kappa shape index (κ2) is 10.5. The van der Waals surface area contributed by atoms with Crippen LogP contribution in [0.4, 0.5) is 5.69 Å². The molecule has 37 heavy (non-hydrogen) atoms. The van der Waals surface area contributed by atoms with E-state index in [0.717, 1.165) is 39.7 Å². The normalized spacial score (nSPS) is 17.1. The summed E-state index contributed by atoms with van der Waals surface area (Å²) in [5, 5.41) is 7.14. The number of thiocarbonyl (C=S) groups is 1. The van der Waals surface area contributed by atoms with Crippen molar-refractivity contribution in [2.24, 2.45) is 0 Å². The van der Waals surface area contributed by atoms with Crippen LogP contribution in [0, 0.1) is 20.8 Å². The van der Waals surface area contributed by atoms with Crippen molar-refractivity contribution < 1.29 is 4.79 Å². The number of aryl methyl sites for hydroxylation is 2. The third-order valence-corrected chi connectivity index (χ3v) is 7.22. The quantitative estimate of drug-likeness (QED) is 0.333. The summed E-state index contributed by atoms with van der Waals surface area (Å²) in [6.45, 7) is 6.66. The topological polar surface area (TPSA) is 75.1 Å². The van der Waals surface area contributed by atoms with Crippen LogP contribution in [0.25, 0.3) is 5.82 Å². The Balaban J connectivity index is 1.47. The minimum absolute atomic E-state index is 0.0453. The number of pyridine rings is 2. The third kappa shape index (κ3) is 4.97. The van der Waals surface area contributed by atoms with Crippen LogP contribution < -0.4 is 10.6 Å². The van der Waals surface area contributed by atoms with Crippen molar-refractivity contribution in [2.45, 2.75) is 39.3 Å². The summed E-state index contributed by atoms with van der Waals surface area (Å²) < 4.78 is 2.16. The Morgan fingerprint density at radius 1 is 1.00 bits per heavy atom. The molecule has 4 aromatic rings. The van der Waals surface area contributed by atoms with Crippen molar-refractivity contribution in [3.05, 3.63) is 107 Å². The van der Waals surface area contributed by atoms with E-state index in [2.05, 4.69) is 50.0 Å². The molecule has 0 aliphatic carbocycles. The molecule has 0 radical (unpaired) electrons. The van der Waals surface area contributed by atoms with E-state index >= 15 is 0 Å². The number of hydrogen-bond donors (Lipinski definition) is 2. The molecular formula is C29H30N6OS. The van der Waals surface area contributed by atoms with Crippen LogP contribution in [0.15, 0.2) is 79.1 Å². The van der Waals surface area contributed by atoms with Gasteiger partial charge in [-0.15, -0.1) is 0 Å². The monoisotopic (exact) mass is 510 g/mol. The number of amides is 1. The van der Waals surface area contributed by atoms with Gasteiger partial charge in [-0.25, -0.2) is 4.98 Å². The van der Waals surface area contributed by atoms with Crippen LogP contribution in [0.1, 0.15) is 46.7 Å². The largest absolute Gasteiger partial charge is 0.352 e. The maximum Gasteiger partial charge on any atom is 0.226 e. The second-order valence-electron chi connectivity index (χ2n) is 9.28. The lowest BCUT2D eigenvalue weighted by atomic mass is 9.96. The molecule has 0 unspecified atom stereocenters. The number of carbonyl (C=O) groups excluding carboxylic acids is 1. The minimum Gasteiger partial charge on any atom is -0.352 e. The summed E-state index contributed by atoms with van der Waals surface area (Å²) in [6, 6.07) is 21.5. The van der Waals surface area contributed by atoms with Gasteiger partial charge in [-0.3, -0.25) is 9.78 Å². The first-order valence-corrected chi connectivity index (χ1v) is 12.8. The fraction of sp³-hybridized carbons (Fsp3) is 0.241. The minimum atomic E-state index is -0.147. The Bertz CT molecular complexity index is 1420. The van der Waals surface area contributed by atoms with Crippen LogP contribution >= 0.6 is 12.2 Å². The summed E-state index contributed by atoms with van der Waals surface area (Å²) >= 11 is 5.81. The first kappa shape index (κ1) is 24.6. The van der Waals surface area contributed by atoms with Gasteiger partial charge in [0.15, 0.2) is 5.11 Å². The molecule has 1 aliphatic rings. The average Bonchev–Trinajstić information content (AvgIpc) is 3.39. The Kier molecular flexibility index (Phi) is 7.01. The van der Waals surface area contributed by atoms with Crippen molar-refractivity contribution in [1.82, 2.24) is 24.8 Å². The second-order valence-corrected chi connectivity index (χ2v) is 9.67. The smallest absolute Gasteiger partial charge is 0.226 e. The molecule has 7 nitrogen and oxygen atoms in total. The Morgan fingerprint density at radius 2 is 1.73 bits per heavy atom. The Hall–Kier alpha value is -4.04. The summed E-state index contributed by atoms with van der Waals surface area (Å²) in [7, 11) is 0. The number of benzene rings is 1. The van der Waals surface area contributed by atoms with Gasteiger partial charge >= 0.3 is 0 Å². The zero-order chi connectivity index (χ0) is 25.9. The zero-order valence-corrected chi connectivity index (χ0v) is 22.0. The van der Waals surface area contributed by atoms with Crippen molar-refractivity contribution >= 4 is 28.9 Å². The van der Waals surface area contributed by atoms with Crippen LogP contribution in [-0.4, -0.2) is 37.0 Å². The maximum atomic E-state index is 12.9. The molecule has 1 aromatic carbocycles. The summed E-state index contributed by atoms with van der Waals surface area (Å²) in [5.74, 6) is 0.826. The maximum absolute atomic E-state index is 12.9. The number of hydrogen-bond acceptors (Lipinski definition) is 4. The molecule has 2 atom stereocenters. The lowest BCUT2D eigenvalue weighted by Gasteiger charge is -2.28. The molecule has 1 saturated heterocycles. The summed E-state index contributed by atoms with van der Waals surface area (Å²) in [5.41, 5.74) is 6.07. The average molecular weight is 511 g/mol. The van der Waals surface area contributed by atoms with E-state index in [-0.39, 0.29) is 18.0 Å². The zero-order valence-electron chi connectivity index (χ0n) is 21.2. The number of nitrogens with one attached hydrogen (secondary N) is 2. The van der Waals surface area contributed by atoms with Gasteiger partial charge in [0.25, 0.3) is 0 Å². The third-order valence-electron chi connectivity index (χ3n) is 6.86. The van der Waals surface area contributed by atoms with Crippen molar-refractivity contribution in [3.63, 3.8) is 0 Å². The van der Waals surface area contributed by atoms with Gasteiger partial charge in [-0.1, -0.05) is 30.3 Å². The highest BCUT2D eigenvalue weighted by Gasteiger charge is 2.41. The Labute approximate surface area is 222 Å². The number of rotatable bonds is 7. The molecule has 0 spiro atoms. The van der Waals surface area contributed by atoms with Gasteiger partial charge in [0.1, 0.15) is 5.82 Å². The van der Waals surface area contributed by atoms with E-state index in [1.165, 1.54) is 0 Å². The molecule has 2 N–H and O–H groups in total. The molecule has 3 aromatic heterocycles. The standard InChI is InChI=1S/C29H30N6OS/c1-19-10-4-5-11-23(19)32-26(36)14-17-34-28(27(33-29(34)37)24-12-6-8-15-30-24)22-18-20(2)35(21(22)3)25-13-7-9-16-31-25/h4-13,15-16,18,27-28H,14,17H2,1-3H3,(H,32,36)(H,33,37)/t27-,28+/m1/s1. The lowest BCUT2D eigenvalue weighted by molar-refractivity contribution is -0.116. The highest BCUT2D eigenvalue weighted by Crippen LogP contribution is 2.41. The highest BCUT2D eigenvalue weighted by molar-refractivity contribution is 7.80.